The number of aromatic nitrogens is 2. The van der Waals surface area contributed by atoms with Crippen molar-refractivity contribution >= 4 is 5.82 Å². The molecule has 5 heteroatoms. The Kier molecular flexibility index (Phi) is 2.91. The summed E-state index contributed by atoms with van der Waals surface area (Å²) in [7, 11) is 3.25. The first-order valence-electron chi connectivity index (χ1n) is 5.19. The van der Waals surface area contributed by atoms with Crippen LogP contribution in [0, 0.1) is 6.92 Å². The third-order valence-electron chi connectivity index (χ3n) is 2.68. The molecule has 17 heavy (non-hydrogen) atoms. The van der Waals surface area contributed by atoms with Gasteiger partial charge in [0.05, 0.1) is 19.9 Å². The second-order valence-electron chi connectivity index (χ2n) is 3.71. The van der Waals surface area contributed by atoms with E-state index >= 15 is 0 Å². The lowest BCUT2D eigenvalue weighted by Gasteiger charge is -2.11. The molecule has 0 amide bonds. The van der Waals surface area contributed by atoms with Gasteiger partial charge in [-0.2, -0.15) is 5.10 Å². The topological polar surface area (TPSA) is 73.2 Å². The number of nitrogen functional groups attached to an aromatic ring is 1. The number of aromatic amines is 1. The number of nitrogens with zero attached hydrogens (tertiary/aromatic N) is 1. The Balaban J connectivity index is 2.59. The van der Waals surface area contributed by atoms with Crippen molar-refractivity contribution in [1.29, 1.82) is 0 Å². The van der Waals surface area contributed by atoms with Crippen LogP contribution >= 0.6 is 0 Å². The Labute approximate surface area is 99.5 Å². The van der Waals surface area contributed by atoms with E-state index in [2.05, 4.69) is 10.2 Å². The van der Waals surface area contributed by atoms with Crippen molar-refractivity contribution in [3.8, 4) is 22.8 Å². The summed E-state index contributed by atoms with van der Waals surface area (Å²) in [4.78, 5) is 0. The van der Waals surface area contributed by atoms with Gasteiger partial charge in [0.2, 0.25) is 0 Å². The number of benzene rings is 1. The minimum Gasteiger partial charge on any atom is -0.497 e. The molecule has 0 atom stereocenters. The zero-order valence-electron chi connectivity index (χ0n) is 10.1. The molecule has 0 aliphatic carbocycles. The molecule has 0 saturated heterocycles. The van der Waals surface area contributed by atoms with Crippen molar-refractivity contribution in [2.45, 2.75) is 6.92 Å². The van der Waals surface area contributed by atoms with Gasteiger partial charge in [-0.25, -0.2) is 0 Å². The normalized spacial score (nSPS) is 10.3. The summed E-state index contributed by atoms with van der Waals surface area (Å²) in [5.41, 5.74) is 8.42. The van der Waals surface area contributed by atoms with Gasteiger partial charge in [-0.3, -0.25) is 5.10 Å². The van der Waals surface area contributed by atoms with E-state index in [1.807, 2.05) is 19.1 Å². The second-order valence-corrected chi connectivity index (χ2v) is 3.71. The van der Waals surface area contributed by atoms with E-state index in [-0.39, 0.29) is 0 Å². The minimum absolute atomic E-state index is 0.459. The highest BCUT2D eigenvalue weighted by molar-refractivity contribution is 5.70. The molecule has 5 nitrogen and oxygen atoms in total. The number of methoxy groups -OCH3 is 2. The zero-order valence-corrected chi connectivity index (χ0v) is 10.1. The molecule has 1 aromatic carbocycles. The molecule has 1 aromatic heterocycles. The fourth-order valence-corrected chi connectivity index (χ4v) is 1.75. The maximum absolute atomic E-state index is 5.60. The van der Waals surface area contributed by atoms with Gasteiger partial charge in [-0.1, -0.05) is 0 Å². The van der Waals surface area contributed by atoms with E-state index < -0.39 is 0 Å². The lowest BCUT2D eigenvalue weighted by atomic mass is 10.0. The molecule has 0 aliphatic heterocycles. The van der Waals surface area contributed by atoms with Crippen molar-refractivity contribution in [3.05, 3.63) is 23.8 Å². The van der Waals surface area contributed by atoms with Crippen LogP contribution in [0.4, 0.5) is 5.82 Å². The van der Waals surface area contributed by atoms with Gasteiger partial charge in [0, 0.05) is 23.3 Å². The molecule has 90 valence electrons. The maximum Gasteiger partial charge on any atom is 0.145 e. The summed E-state index contributed by atoms with van der Waals surface area (Å²) in [6.45, 7) is 1.98. The number of nitrogens with one attached hydrogen (secondary N) is 1. The molecule has 0 radical (unpaired) electrons. The van der Waals surface area contributed by atoms with Crippen LogP contribution in [0.1, 0.15) is 5.56 Å². The summed E-state index contributed by atoms with van der Waals surface area (Å²) in [6, 6.07) is 5.55. The largest absolute Gasteiger partial charge is 0.497 e. The smallest absolute Gasteiger partial charge is 0.145 e. The molecule has 2 aromatic rings. The molecule has 0 fully saturated rings. The van der Waals surface area contributed by atoms with Crippen LogP contribution in [-0.2, 0) is 0 Å². The van der Waals surface area contributed by atoms with Gasteiger partial charge in [0.1, 0.15) is 17.3 Å². The summed E-state index contributed by atoms with van der Waals surface area (Å²) < 4.78 is 10.5. The van der Waals surface area contributed by atoms with Gasteiger partial charge < -0.3 is 15.2 Å². The van der Waals surface area contributed by atoms with Gasteiger partial charge >= 0.3 is 0 Å². The Hall–Kier alpha value is -2.17. The third-order valence-corrected chi connectivity index (χ3v) is 2.68. The number of hydrogen-bond acceptors (Lipinski definition) is 4. The number of anilines is 1. The highest BCUT2D eigenvalue weighted by Crippen LogP contribution is 2.34. The fourth-order valence-electron chi connectivity index (χ4n) is 1.75. The zero-order chi connectivity index (χ0) is 12.4. The number of H-pyrrole nitrogens is 1. The van der Waals surface area contributed by atoms with Crippen LogP contribution in [0.2, 0.25) is 0 Å². The van der Waals surface area contributed by atoms with Gasteiger partial charge in [0.15, 0.2) is 0 Å². The first-order chi connectivity index (χ1) is 8.15. The Morgan fingerprint density at radius 3 is 2.47 bits per heavy atom. The monoisotopic (exact) mass is 233 g/mol. The predicted molar refractivity (Wildman–Crippen MR) is 66.3 cm³/mol. The van der Waals surface area contributed by atoms with Crippen molar-refractivity contribution in [2.24, 2.45) is 0 Å². The lowest BCUT2D eigenvalue weighted by molar-refractivity contribution is 0.392. The lowest BCUT2D eigenvalue weighted by Crippen LogP contribution is -1.93. The fraction of sp³-hybridized carbons (Fsp3) is 0.250. The molecule has 3 N–H and O–H groups in total. The van der Waals surface area contributed by atoms with E-state index in [1.54, 1.807) is 20.3 Å². The Morgan fingerprint density at radius 1 is 1.18 bits per heavy atom. The van der Waals surface area contributed by atoms with Crippen LogP contribution in [0.3, 0.4) is 0 Å². The summed E-state index contributed by atoms with van der Waals surface area (Å²) in [6.07, 6.45) is 0. The molecule has 2 rings (SSSR count). The van der Waals surface area contributed by atoms with E-state index in [4.69, 9.17) is 15.2 Å². The minimum atomic E-state index is 0.459. The first-order valence-corrected chi connectivity index (χ1v) is 5.19. The molecular weight excluding hydrogens is 218 g/mol. The maximum atomic E-state index is 5.60. The average molecular weight is 233 g/mol. The third kappa shape index (κ3) is 2.04. The van der Waals surface area contributed by atoms with Crippen molar-refractivity contribution in [2.75, 3.05) is 20.0 Å². The first kappa shape index (κ1) is 11.3. The van der Waals surface area contributed by atoms with E-state index in [0.29, 0.717) is 5.82 Å². The molecule has 0 saturated carbocycles. The molecular formula is C12H15N3O2. The highest BCUT2D eigenvalue weighted by Gasteiger charge is 2.11. The summed E-state index contributed by atoms with van der Waals surface area (Å²) >= 11 is 0. The number of nitrogens with two attached hydrogens (primary N) is 1. The van der Waals surface area contributed by atoms with Crippen LogP contribution < -0.4 is 15.2 Å². The van der Waals surface area contributed by atoms with Crippen LogP contribution in [-0.4, -0.2) is 24.4 Å². The molecule has 0 spiro atoms. The predicted octanol–water partition coefficient (Wildman–Crippen LogP) is 1.98. The van der Waals surface area contributed by atoms with Crippen molar-refractivity contribution < 1.29 is 9.47 Å². The van der Waals surface area contributed by atoms with Gasteiger partial charge in [0.25, 0.3) is 0 Å². The number of hydrogen-bond donors (Lipinski definition) is 2. The van der Waals surface area contributed by atoms with Gasteiger partial charge in [-0.05, 0) is 13.0 Å². The molecule has 0 bridgehead atoms. The highest BCUT2D eigenvalue weighted by atomic mass is 16.5. The Morgan fingerprint density at radius 2 is 1.94 bits per heavy atom. The number of rotatable bonds is 3. The Bertz CT molecular complexity index is 535. The SMILES string of the molecule is COc1cc(OC)c(C)c(-c2cc(N)n[nH]2)c1. The quantitative estimate of drug-likeness (QED) is 0.850. The van der Waals surface area contributed by atoms with Crippen LogP contribution in [0.5, 0.6) is 11.5 Å². The van der Waals surface area contributed by atoms with Crippen LogP contribution in [0.25, 0.3) is 11.3 Å². The molecule has 0 unspecified atom stereocenters. The summed E-state index contributed by atoms with van der Waals surface area (Å²) in [5.74, 6) is 1.96. The van der Waals surface area contributed by atoms with E-state index in [1.165, 1.54) is 0 Å². The second kappa shape index (κ2) is 4.37. The molecule has 1 heterocycles. The van der Waals surface area contributed by atoms with Gasteiger partial charge in [-0.15, -0.1) is 0 Å². The van der Waals surface area contributed by atoms with Crippen molar-refractivity contribution in [3.63, 3.8) is 0 Å². The average Bonchev–Trinajstić information content (AvgIpc) is 2.76. The molecule has 0 aliphatic rings. The van der Waals surface area contributed by atoms with E-state index in [0.717, 1.165) is 28.3 Å². The van der Waals surface area contributed by atoms with Crippen LogP contribution in [0.15, 0.2) is 18.2 Å². The number of ether oxygens (including phenoxy) is 2. The van der Waals surface area contributed by atoms with Crippen molar-refractivity contribution in [1.82, 2.24) is 10.2 Å². The van der Waals surface area contributed by atoms with E-state index in [9.17, 15) is 0 Å². The summed E-state index contributed by atoms with van der Waals surface area (Å²) in [5, 5.41) is 6.80. The standard InChI is InChI=1S/C12H15N3O2/c1-7-9(10-6-12(13)15-14-10)4-8(16-2)5-11(7)17-3/h4-6H,1-3H3,(H3,13,14,15).